The van der Waals surface area contributed by atoms with Crippen molar-refractivity contribution in [1.82, 2.24) is 0 Å². The molecule has 2 N–H and O–H groups in total. The van der Waals surface area contributed by atoms with Crippen LogP contribution in [0, 0.1) is 6.92 Å². The summed E-state index contributed by atoms with van der Waals surface area (Å²) in [6.45, 7) is 6.54. The average molecular weight is 332 g/mol. The third-order valence-corrected chi connectivity index (χ3v) is 4.23. The molecule has 20 heavy (non-hydrogen) atoms. The van der Waals surface area contributed by atoms with Crippen molar-refractivity contribution in [2.45, 2.75) is 39.2 Å². The Morgan fingerprint density at radius 2 is 1.70 bits per heavy atom. The van der Waals surface area contributed by atoms with Gasteiger partial charge in [-0.2, -0.15) is 0 Å². The van der Waals surface area contributed by atoms with Crippen LogP contribution < -0.4 is 5.73 Å². The van der Waals surface area contributed by atoms with E-state index in [2.05, 4.69) is 79.2 Å². The molecule has 0 bridgehead atoms. The average Bonchev–Trinajstić information content (AvgIpc) is 2.39. The van der Waals surface area contributed by atoms with Gasteiger partial charge in [0, 0.05) is 10.5 Å². The van der Waals surface area contributed by atoms with E-state index in [9.17, 15) is 0 Å². The molecule has 1 atom stereocenters. The largest absolute Gasteiger partial charge is 0.324 e. The smallest absolute Gasteiger partial charge is 0.0338 e. The molecule has 2 heteroatoms. The Morgan fingerprint density at radius 1 is 1.05 bits per heavy atom. The molecule has 0 fully saturated rings. The van der Waals surface area contributed by atoms with Gasteiger partial charge in [-0.1, -0.05) is 60.1 Å². The number of benzene rings is 2. The highest BCUT2D eigenvalue weighted by Crippen LogP contribution is 2.23. The van der Waals surface area contributed by atoms with Gasteiger partial charge in [0.25, 0.3) is 0 Å². The standard InChI is InChI=1S/C18H22BrN/c1-12(2)15-6-4-14(5-7-15)11-18(20)17-9-8-16(19)10-13(17)3/h4-10,12,18H,11,20H2,1-3H3. The van der Waals surface area contributed by atoms with E-state index >= 15 is 0 Å². The highest BCUT2D eigenvalue weighted by Gasteiger charge is 2.10. The van der Waals surface area contributed by atoms with E-state index in [4.69, 9.17) is 5.73 Å². The first-order chi connectivity index (χ1) is 9.47. The SMILES string of the molecule is Cc1cc(Br)ccc1C(N)Cc1ccc(C(C)C)cc1. The summed E-state index contributed by atoms with van der Waals surface area (Å²) >= 11 is 3.49. The van der Waals surface area contributed by atoms with Crippen molar-refractivity contribution in [2.75, 3.05) is 0 Å². The van der Waals surface area contributed by atoms with Crippen LogP contribution in [0.4, 0.5) is 0 Å². The van der Waals surface area contributed by atoms with Crippen molar-refractivity contribution >= 4 is 15.9 Å². The van der Waals surface area contributed by atoms with Crippen LogP contribution in [0.5, 0.6) is 0 Å². The fourth-order valence-corrected chi connectivity index (χ4v) is 2.93. The minimum absolute atomic E-state index is 0.0491. The van der Waals surface area contributed by atoms with Gasteiger partial charge in [0.2, 0.25) is 0 Å². The van der Waals surface area contributed by atoms with Crippen LogP contribution in [0.2, 0.25) is 0 Å². The maximum atomic E-state index is 6.36. The molecule has 0 amide bonds. The molecule has 0 aliphatic carbocycles. The molecule has 2 aromatic carbocycles. The summed E-state index contributed by atoms with van der Waals surface area (Å²) in [5.41, 5.74) is 11.5. The fourth-order valence-electron chi connectivity index (χ4n) is 2.46. The van der Waals surface area contributed by atoms with Crippen LogP contribution in [0.1, 0.15) is 48.1 Å². The molecule has 1 unspecified atom stereocenters. The first-order valence-electron chi connectivity index (χ1n) is 7.08. The third kappa shape index (κ3) is 3.71. The fraction of sp³-hybridized carbons (Fsp3) is 0.333. The summed E-state index contributed by atoms with van der Waals surface area (Å²) in [7, 11) is 0. The lowest BCUT2D eigenvalue weighted by Gasteiger charge is -2.16. The molecule has 0 aromatic heterocycles. The van der Waals surface area contributed by atoms with Crippen molar-refractivity contribution in [3.63, 3.8) is 0 Å². The van der Waals surface area contributed by atoms with Crippen LogP contribution in [0.25, 0.3) is 0 Å². The lowest BCUT2D eigenvalue weighted by Crippen LogP contribution is -2.14. The molecular weight excluding hydrogens is 310 g/mol. The van der Waals surface area contributed by atoms with Gasteiger partial charge in [0.05, 0.1) is 0 Å². The zero-order chi connectivity index (χ0) is 14.7. The second-order valence-corrected chi connectivity index (χ2v) is 6.62. The molecule has 0 radical (unpaired) electrons. The Balaban J connectivity index is 2.12. The van der Waals surface area contributed by atoms with E-state index in [0.29, 0.717) is 5.92 Å². The van der Waals surface area contributed by atoms with E-state index in [1.54, 1.807) is 0 Å². The predicted molar refractivity (Wildman–Crippen MR) is 90.0 cm³/mol. The maximum Gasteiger partial charge on any atom is 0.0338 e. The number of aryl methyl sites for hydroxylation is 1. The minimum Gasteiger partial charge on any atom is -0.324 e. The van der Waals surface area contributed by atoms with E-state index in [1.165, 1.54) is 22.3 Å². The Hall–Kier alpha value is -1.12. The second-order valence-electron chi connectivity index (χ2n) is 5.71. The normalized spacial score (nSPS) is 12.7. The van der Waals surface area contributed by atoms with Crippen LogP contribution in [-0.2, 0) is 6.42 Å². The summed E-state index contributed by atoms with van der Waals surface area (Å²) in [6.07, 6.45) is 0.876. The van der Waals surface area contributed by atoms with Gasteiger partial charge in [0.15, 0.2) is 0 Å². The van der Waals surface area contributed by atoms with Crippen molar-refractivity contribution < 1.29 is 0 Å². The molecule has 0 saturated carbocycles. The van der Waals surface area contributed by atoms with Gasteiger partial charge in [-0.05, 0) is 53.6 Å². The van der Waals surface area contributed by atoms with Crippen molar-refractivity contribution in [3.8, 4) is 0 Å². The van der Waals surface area contributed by atoms with Crippen molar-refractivity contribution in [1.29, 1.82) is 0 Å². The minimum atomic E-state index is 0.0491. The molecule has 2 rings (SSSR count). The Bertz CT molecular complexity index is 572. The first-order valence-corrected chi connectivity index (χ1v) is 7.87. The number of nitrogens with two attached hydrogens (primary N) is 1. The van der Waals surface area contributed by atoms with Gasteiger partial charge in [-0.15, -0.1) is 0 Å². The van der Waals surface area contributed by atoms with E-state index in [1.807, 2.05) is 0 Å². The topological polar surface area (TPSA) is 26.0 Å². The van der Waals surface area contributed by atoms with Crippen LogP contribution >= 0.6 is 15.9 Å². The Labute approximate surface area is 130 Å². The lowest BCUT2D eigenvalue weighted by molar-refractivity contribution is 0.715. The molecule has 1 nitrogen and oxygen atoms in total. The summed E-state index contributed by atoms with van der Waals surface area (Å²) in [6, 6.07) is 15.2. The van der Waals surface area contributed by atoms with Gasteiger partial charge < -0.3 is 5.73 Å². The number of hydrogen-bond acceptors (Lipinski definition) is 1. The van der Waals surface area contributed by atoms with Crippen LogP contribution in [0.3, 0.4) is 0 Å². The Morgan fingerprint density at radius 3 is 2.25 bits per heavy atom. The van der Waals surface area contributed by atoms with Crippen LogP contribution in [0.15, 0.2) is 46.9 Å². The number of rotatable bonds is 4. The van der Waals surface area contributed by atoms with Crippen molar-refractivity contribution in [3.05, 3.63) is 69.2 Å². The van der Waals surface area contributed by atoms with Gasteiger partial charge in [-0.3, -0.25) is 0 Å². The van der Waals surface area contributed by atoms with Crippen LogP contribution in [-0.4, -0.2) is 0 Å². The molecule has 0 saturated heterocycles. The van der Waals surface area contributed by atoms with Gasteiger partial charge in [-0.25, -0.2) is 0 Å². The van der Waals surface area contributed by atoms with Gasteiger partial charge in [0.1, 0.15) is 0 Å². The summed E-state index contributed by atoms with van der Waals surface area (Å²) in [5, 5.41) is 0. The molecule has 106 valence electrons. The molecule has 0 spiro atoms. The maximum absolute atomic E-state index is 6.36. The lowest BCUT2D eigenvalue weighted by atomic mass is 9.94. The highest BCUT2D eigenvalue weighted by molar-refractivity contribution is 9.10. The van der Waals surface area contributed by atoms with E-state index in [-0.39, 0.29) is 6.04 Å². The molecule has 0 aliphatic heterocycles. The third-order valence-electron chi connectivity index (χ3n) is 3.73. The monoisotopic (exact) mass is 331 g/mol. The number of halogens is 1. The summed E-state index contributed by atoms with van der Waals surface area (Å²) < 4.78 is 1.10. The highest BCUT2D eigenvalue weighted by atomic mass is 79.9. The van der Waals surface area contributed by atoms with E-state index in [0.717, 1.165) is 10.9 Å². The summed E-state index contributed by atoms with van der Waals surface area (Å²) in [4.78, 5) is 0. The molecule has 0 heterocycles. The molecule has 0 aliphatic rings. The van der Waals surface area contributed by atoms with Gasteiger partial charge >= 0.3 is 0 Å². The molecule has 2 aromatic rings. The quantitative estimate of drug-likeness (QED) is 0.826. The number of hydrogen-bond donors (Lipinski definition) is 1. The van der Waals surface area contributed by atoms with Crippen molar-refractivity contribution in [2.24, 2.45) is 5.73 Å². The second kappa shape index (κ2) is 6.55. The zero-order valence-electron chi connectivity index (χ0n) is 12.4. The zero-order valence-corrected chi connectivity index (χ0v) is 13.9. The predicted octanol–water partition coefficient (Wildman–Crippen LogP) is 5.12. The summed E-state index contributed by atoms with van der Waals surface area (Å²) in [5.74, 6) is 0.575. The molecular formula is C18H22BrN. The van der Waals surface area contributed by atoms with E-state index < -0.39 is 0 Å². The first kappa shape index (κ1) is 15.3. The Kier molecular flexibility index (Phi) is 5.00.